The molecule has 0 radical (unpaired) electrons. The zero-order chi connectivity index (χ0) is 18.7. The molecule has 0 aromatic carbocycles. The maximum absolute atomic E-state index is 13.4. The molecule has 1 aromatic heterocycles. The molecule has 2 saturated heterocycles. The summed E-state index contributed by atoms with van der Waals surface area (Å²) in [7, 11) is 0. The summed E-state index contributed by atoms with van der Waals surface area (Å²) in [6.45, 7) is 2.30. The highest BCUT2D eigenvalue weighted by atomic mass is 16.2. The van der Waals surface area contributed by atoms with Crippen molar-refractivity contribution in [2.45, 2.75) is 76.7 Å². The van der Waals surface area contributed by atoms with Crippen LogP contribution in [0.1, 0.15) is 69.8 Å². The summed E-state index contributed by atoms with van der Waals surface area (Å²) in [5.41, 5.74) is 0.849. The summed E-state index contributed by atoms with van der Waals surface area (Å²) in [5, 5.41) is 6.76. The minimum atomic E-state index is -0.296. The highest BCUT2D eigenvalue weighted by Gasteiger charge is 2.50. The van der Waals surface area contributed by atoms with Gasteiger partial charge in [-0.3, -0.25) is 14.7 Å². The number of hydrogen-bond acceptors (Lipinski definition) is 3. The molecule has 1 saturated carbocycles. The standard InChI is InChI=1S/C21H32N4O2/c26-19(9-4-6-17-14-22-23-15-17)24-13-11-21(16-24)10-5-12-25(20(21)27)18-7-2-1-3-8-18/h14-15,18H,1-13,16H2,(H,22,23). The maximum Gasteiger partial charge on any atom is 0.230 e. The molecule has 0 bridgehead atoms. The Morgan fingerprint density at radius 2 is 2.04 bits per heavy atom. The molecule has 4 rings (SSSR count). The van der Waals surface area contributed by atoms with E-state index in [1.54, 1.807) is 0 Å². The number of likely N-dealkylation sites (tertiary alicyclic amines) is 2. The monoisotopic (exact) mass is 372 g/mol. The van der Waals surface area contributed by atoms with Crippen molar-refractivity contribution in [3.8, 4) is 0 Å². The van der Waals surface area contributed by atoms with Gasteiger partial charge < -0.3 is 9.80 Å². The van der Waals surface area contributed by atoms with Gasteiger partial charge in [0, 0.05) is 38.3 Å². The summed E-state index contributed by atoms with van der Waals surface area (Å²) in [6.07, 6.45) is 15.0. The number of carbonyl (C=O) groups excluding carboxylic acids is 2. The van der Waals surface area contributed by atoms with Crippen molar-refractivity contribution in [3.63, 3.8) is 0 Å². The number of H-pyrrole nitrogens is 1. The lowest BCUT2D eigenvalue weighted by Crippen LogP contribution is -2.54. The molecule has 148 valence electrons. The van der Waals surface area contributed by atoms with E-state index in [9.17, 15) is 9.59 Å². The SMILES string of the molecule is O=C(CCCc1cn[nH]c1)N1CCC2(CCCN(C3CCCCC3)C2=O)C1. The molecule has 1 aromatic rings. The van der Waals surface area contributed by atoms with Crippen molar-refractivity contribution in [2.75, 3.05) is 19.6 Å². The lowest BCUT2D eigenvalue weighted by atomic mass is 9.77. The van der Waals surface area contributed by atoms with Crippen LogP contribution in [0.25, 0.3) is 0 Å². The van der Waals surface area contributed by atoms with Crippen molar-refractivity contribution in [1.82, 2.24) is 20.0 Å². The zero-order valence-electron chi connectivity index (χ0n) is 16.3. The first-order chi connectivity index (χ1) is 13.2. The number of rotatable bonds is 5. The number of nitrogens with one attached hydrogen (secondary N) is 1. The van der Waals surface area contributed by atoms with Gasteiger partial charge in [0.25, 0.3) is 0 Å². The second-order valence-electron chi connectivity index (χ2n) is 8.70. The van der Waals surface area contributed by atoms with Gasteiger partial charge in [0.05, 0.1) is 11.6 Å². The molecule has 1 unspecified atom stereocenters. The Morgan fingerprint density at radius 1 is 1.19 bits per heavy atom. The normalized spacial score (nSPS) is 26.9. The number of carbonyl (C=O) groups is 2. The van der Waals surface area contributed by atoms with Crippen LogP contribution in [0.4, 0.5) is 0 Å². The number of aryl methyl sites for hydroxylation is 1. The summed E-state index contributed by atoms with van der Waals surface area (Å²) < 4.78 is 0. The molecule has 6 nitrogen and oxygen atoms in total. The van der Waals surface area contributed by atoms with Crippen LogP contribution in [0, 0.1) is 5.41 Å². The predicted molar refractivity (Wildman–Crippen MR) is 103 cm³/mol. The smallest absolute Gasteiger partial charge is 0.230 e. The Balaban J connectivity index is 1.32. The quantitative estimate of drug-likeness (QED) is 0.864. The number of hydrogen-bond donors (Lipinski definition) is 1. The van der Waals surface area contributed by atoms with Crippen LogP contribution in [-0.2, 0) is 16.0 Å². The first-order valence-electron chi connectivity index (χ1n) is 10.7. The third-order valence-electron chi connectivity index (χ3n) is 6.90. The minimum absolute atomic E-state index is 0.206. The van der Waals surface area contributed by atoms with Gasteiger partial charge in [0.2, 0.25) is 11.8 Å². The first kappa shape index (κ1) is 18.5. The number of aromatic nitrogens is 2. The van der Waals surface area contributed by atoms with Crippen molar-refractivity contribution in [3.05, 3.63) is 18.0 Å². The van der Waals surface area contributed by atoms with Crippen molar-refractivity contribution in [1.29, 1.82) is 0 Å². The number of nitrogens with zero attached hydrogens (tertiary/aromatic N) is 3. The molecule has 1 aliphatic carbocycles. The average molecular weight is 373 g/mol. The minimum Gasteiger partial charge on any atom is -0.342 e. The lowest BCUT2D eigenvalue weighted by Gasteiger charge is -2.44. The van der Waals surface area contributed by atoms with Crippen LogP contribution in [0.2, 0.25) is 0 Å². The molecular formula is C21H32N4O2. The molecule has 27 heavy (non-hydrogen) atoms. The molecule has 1 spiro atoms. The van der Waals surface area contributed by atoms with E-state index in [4.69, 9.17) is 0 Å². The van der Waals surface area contributed by atoms with Crippen LogP contribution >= 0.6 is 0 Å². The van der Waals surface area contributed by atoms with E-state index in [0.717, 1.165) is 50.8 Å². The zero-order valence-corrected chi connectivity index (χ0v) is 16.3. The topological polar surface area (TPSA) is 69.3 Å². The fourth-order valence-electron chi connectivity index (χ4n) is 5.32. The molecule has 3 heterocycles. The highest BCUT2D eigenvalue weighted by molar-refractivity contribution is 5.86. The van der Waals surface area contributed by atoms with Crippen LogP contribution in [-0.4, -0.2) is 57.5 Å². The Morgan fingerprint density at radius 3 is 2.81 bits per heavy atom. The molecule has 3 aliphatic rings. The molecule has 3 fully saturated rings. The Kier molecular flexibility index (Phi) is 5.50. The van der Waals surface area contributed by atoms with E-state index in [1.807, 2.05) is 17.3 Å². The van der Waals surface area contributed by atoms with Crippen LogP contribution in [0.3, 0.4) is 0 Å². The van der Waals surface area contributed by atoms with Crippen LogP contribution in [0.5, 0.6) is 0 Å². The molecule has 2 amide bonds. The number of piperidine rings is 1. The second-order valence-corrected chi connectivity index (χ2v) is 8.70. The summed E-state index contributed by atoms with van der Waals surface area (Å²) in [5.74, 6) is 0.548. The van der Waals surface area contributed by atoms with Crippen molar-refractivity contribution >= 4 is 11.8 Å². The molecule has 2 aliphatic heterocycles. The maximum atomic E-state index is 13.4. The fraction of sp³-hybridized carbons (Fsp3) is 0.762. The van der Waals surface area contributed by atoms with Gasteiger partial charge in [0.1, 0.15) is 0 Å². The molecule has 1 atom stereocenters. The highest BCUT2D eigenvalue weighted by Crippen LogP contribution is 2.42. The van der Waals surface area contributed by atoms with Gasteiger partial charge in [-0.25, -0.2) is 0 Å². The third-order valence-corrected chi connectivity index (χ3v) is 6.90. The van der Waals surface area contributed by atoms with E-state index in [0.29, 0.717) is 24.9 Å². The van der Waals surface area contributed by atoms with Gasteiger partial charge >= 0.3 is 0 Å². The van der Waals surface area contributed by atoms with Gasteiger partial charge in [-0.2, -0.15) is 5.10 Å². The Labute approximate surface area is 161 Å². The second kappa shape index (κ2) is 8.03. The molecule has 1 N–H and O–H groups in total. The van der Waals surface area contributed by atoms with E-state index >= 15 is 0 Å². The first-order valence-corrected chi connectivity index (χ1v) is 10.7. The summed E-state index contributed by atoms with van der Waals surface area (Å²) in [4.78, 5) is 30.2. The van der Waals surface area contributed by atoms with E-state index < -0.39 is 0 Å². The lowest BCUT2D eigenvalue weighted by molar-refractivity contribution is -0.149. The Hall–Kier alpha value is -1.85. The van der Waals surface area contributed by atoms with E-state index in [1.165, 1.54) is 32.1 Å². The van der Waals surface area contributed by atoms with Crippen LogP contribution < -0.4 is 0 Å². The summed E-state index contributed by atoms with van der Waals surface area (Å²) in [6, 6.07) is 0.447. The summed E-state index contributed by atoms with van der Waals surface area (Å²) >= 11 is 0. The van der Waals surface area contributed by atoms with Crippen molar-refractivity contribution in [2.24, 2.45) is 5.41 Å². The van der Waals surface area contributed by atoms with Crippen LogP contribution in [0.15, 0.2) is 12.4 Å². The van der Waals surface area contributed by atoms with Gasteiger partial charge in [-0.1, -0.05) is 19.3 Å². The van der Waals surface area contributed by atoms with Gasteiger partial charge in [-0.05, 0) is 50.5 Å². The number of aromatic amines is 1. The van der Waals surface area contributed by atoms with E-state index in [-0.39, 0.29) is 11.3 Å². The fourth-order valence-corrected chi connectivity index (χ4v) is 5.32. The third kappa shape index (κ3) is 3.90. The Bertz CT molecular complexity index is 653. The number of amides is 2. The molecular weight excluding hydrogens is 340 g/mol. The molecule has 6 heteroatoms. The van der Waals surface area contributed by atoms with Crippen molar-refractivity contribution < 1.29 is 9.59 Å². The largest absolute Gasteiger partial charge is 0.342 e. The van der Waals surface area contributed by atoms with E-state index in [2.05, 4.69) is 15.1 Å². The van der Waals surface area contributed by atoms with Gasteiger partial charge in [0.15, 0.2) is 0 Å². The average Bonchev–Trinajstić information content (AvgIpc) is 3.36. The predicted octanol–water partition coefficient (Wildman–Crippen LogP) is 2.91. The van der Waals surface area contributed by atoms with Gasteiger partial charge in [-0.15, -0.1) is 0 Å².